The molecule has 1 N–H and O–H groups in total. The first-order valence-electron chi connectivity index (χ1n) is 8.96. The molecular formula is C22H20ClN3O. The number of amides is 1. The van der Waals surface area contributed by atoms with Gasteiger partial charge in [0.15, 0.2) is 0 Å². The fraction of sp³-hybridized carbons (Fsp3) is 0.182. The number of rotatable bonds is 4. The third-order valence-corrected chi connectivity index (χ3v) is 5.24. The molecule has 0 fully saturated rings. The Hall–Kier alpha value is -2.85. The van der Waals surface area contributed by atoms with E-state index in [1.165, 1.54) is 5.56 Å². The number of aromatic nitrogens is 1. The summed E-state index contributed by atoms with van der Waals surface area (Å²) in [6.07, 6.45) is 2.15. The van der Waals surface area contributed by atoms with Crippen LogP contribution in [0.4, 0.5) is 5.69 Å². The van der Waals surface area contributed by atoms with Crippen LogP contribution in [0.3, 0.4) is 0 Å². The highest BCUT2D eigenvalue weighted by atomic mass is 35.5. The lowest BCUT2D eigenvalue weighted by molar-refractivity contribution is 0.0685. The fourth-order valence-electron chi connectivity index (χ4n) is 3.51. The van der Waals surface area contributed by atoms with Crippen molar-refractivity contribution in [3.05, 3.63) is 94.3 Å². The second kappa shape index (κ2) is 7.41. The van der Waals surface area contributed by atoms with Crippen LogP contribution in [0.2, 0.25) is 5.15 Å². The maximum Gasteiger partial charge on any atom is 0.261 e. The summed E-state index contributed by atoms with van der Waals surface area (Å²) in [5, 5.41) is 3.73. The number of benzene rings is 2. The van der Waals surface area contributed by atoms with Gasteiger partial charge in [0.05, 0.1) is 5.69 Å². The average Bonchev–Trinajstić information content (AvgIpc) is 2.68. The Morgan fingerprint density at radius 3 is 2.59 bits per heavy atom. The molecular weight excluding hydrogens is 358 g/mol. The lowest BCUT2D eigenvalue weighted by atomic mass is 10.0. The van der Waals surface area contributed by atoms with Gasteiger partial charge in [-0.2, -0.15) is 0 Å². The molecule has 0 spiro atoms. The zero-order valence-electron chi connectivity index (χ0n) is 15.0. The van der Waals surface area contributed by atoms with Crippen LogP contribution in [0.15, 0.2) is 66.9 Å². The summed E-state index contributed by atoms with van der Waals surface area (Å²) in [4.78, 5) is 19.3. The van der Waals surface area contributed by atoms with Gasteiger partial charge >= 0.3 is 0 Å². The molecule has 136 valence electrons. The minimum Gasteiger partial charge on any atom is -0.361 e. The van der Waals surface area contributed by atoms with Crippen LogP contribution in [-0.4, -0.2) is 22.3 Å². The molecule has 0 bridgehead atoms. The van der Waals surface area contributed by atoms with Crippen LogP contribution in [0.25, 0.3) is 0 Å². The molecule has 1 atom stereocenters. The molecule has 1 aliphatic rings. The number of nitrogens with one attached hydrogen (secondary N) is 1. The van der Waals surface area contributed by atoms with E-state index in [-0.39, 0.29) is 17.2 Å². The first-order chi connectivity index (χ1) is 13.1. The minimum absolute atomic E-state index is 0.0916. The molecule has 5 heteroatoms. The van der Waals surface area contributed by atoms with Gasteiger partial charge in [-0.05, 0) is 36.1 Å². The highest BCUT2D eigenvalue weighted by Gasteiger charge is 2.35. The number of hydrogen-bond acceptors (Lipinski definition) is 3. The van der Waals surface area contributed by atoms with Gasteiger partial charge in [0, 0.05) is 12.7 Å². The van der Waals surface area contributed by atoms with E-state index in [2.05, 4.69) is 41.5 Å². The summed E-state index contributed by atoms with van der Waals surface area (Å²) in [6, 6.07) is 20.1. The SMILES string of the molecule is Cc1ccccc1C1Nc2ccnc(Cl)c2C(=O)N1CCc1ccccc1. The van der Waals surface area contributed by atoms with Crippen molar-refractivity contribution in [3.8, 4) is 0 Å². The van der Waals surface area contributed by atoms with Crippen LogP contribution < -0.4 is 5.32 Å². The van der Waals surface area contributed by atoms with E-state index in [1.54, 1.807) is 12.3 Å². The van der Waals surface area contributed by atoms with E-state index in [4.69, 9.17) is 11.6 Å². The smallest absolute Gasteiger partial charge is 0.261 e. The maximum atomic E-state index is 13.3. The Balaban J connectivity index is 1.72. The molecule has 1 aromatic heterocycles. The Morgan fingerprint density at radius 1 is 1.07 bits per heavy atom. The molecule has 0 aliphatic carbocycles. The van der Waals surface area contributed by atoms with Crippen molar-refractivity contribution in [2.75, 3.05) is 11.9 Å². The van der Waals surface area contributed by atoms with E-state index in [0.29, 0.717) is 12.1 Å². The number of hydrogen-bond donors (Lipinski definition) is 1. The lowest BCUT2D eigenvalue weighted by Gasteiger charge is -2.39. The maximum absolute atomic E-state index is 13.3. The summed E-state index contributed by atoms with van der Waals surface area (Å²) in [5.41, 5.74) is 4.58. The van der Waals surface area contributed by atoms with Gasteiger partial charge in [-0.3, -0.25) is 4.79 Å². The van der Waals surface area contributed by atoms with Gasteiger partial charge in [-0.15, -0.1) is 0 Å². The molecule has 0 saturated heterocycles. The molecule has 3 aromatic rings. The number of aryl methyl sites for hydroxylation is 1. The number of halogens is 1. The number of carbonyl (C=O) groups is 1. The van der Waals surface area contributed by atoms with Crippen LogP contribution in [0.1, 0.15) is 33.2 Å². The zero-order valence-corrected chi connectivity index (χ0v) is 15.8. The molecule has 0 saturated carbocycles. The Morgan fingerprint density at radius 2 is 1.81 bits per heavy atom. The first kappa shape index (κ1) is 17.6. The predicted molar refractivity (Wildman–Crippen MR) is 108 cm³/mol. The second-order valence-electron chi connectivity index (χ2n) is 6.66. The largest absolute Gasteiger partial charge is 0.361 e. The van der Waals surface area contributed by atoms with Crippen LogP contribution >= 0.6 is 11.6 Å². The molecule has 2 aromatic carbocycles. The molecule has 4 rings (SSSR count). The molecule has 1 aliphatic heterocycles. The topological polar surface area (TPSA) is 45.2 Å². The zero-order chi connectivity index (χ0) is 18.8. The summed E-state index contributed by atoms with van der Waals surface area (Å²) >= 11 is 6.25. The van der Waals surface area contributed by atoms with Gasteiger partial charge < -0.3 is 10.2 Å². The van der Waals surface area contributed by atoms with Crippen LogP contribution in [0, 0.1) is 6.92 Å². The second-order valence-corrected chi connectivity index (χ2v) is 7.02. The van der Waals surface area contributed by atoms with Crippen LogP contribution in [0.5, 0.6) is 0 Å². The van der Waals surface area contributed by atoms with E-state index in [0.717, 1.165) is 23.2 Å². The molecule has 1 unspecified atom stereocenters. The summed E-state index contributed by atoms with van der Waals surface area (Å²) in [5.74, 6) is -0.0916. The molecule has 27 heavy (non-hydrogen) atoms. The van der Waals surface area contributed by atoms with Crippen molar-refractivity contribution in [1.82, 2.24) is 9.88 Å². The highest BCUT2D eigenvalue weighted by molar-refractivity contribution is 6.33. The summed E-state index contributed by atoms with van der Waals surface area (Å²) in [6.45, 7) is 2.64. The molecule has 0 radical (unpaired) electrons. The monoisotopic (exact) mass is 377 g/mol. The van der Waals surface area contributed by atoms with Crippen molar-refractivity contribution >= 4 is 23.2 Å². The van der Waals surface area contributed by atoms with Crippen molar-refractivity contribution in [3.63, 3.8) is 0 Å². The number of anilines is 1. The van der Waals surface area contributed by atoms with Gasteiger partial charge in [0.25, 0.3) is 5.91 Å². The van der Waals surface area contributed by atoms with E-state index in [1.807, 2.05) is 35.2 Å². The van der Waals surface area contributed by atoms with Gasteiger partial charge in [-0.25, -0.2) is 4.98 Å². The molecule has 4 nitrogen and oxygen atoms in total. The van der Waals surface area contributed by atoms with Gasteiger partial charge in [0.1, 0.15) is 16.9 Å². The van der Waals surface area contributed by atoms with Crippen molar-refractivity contribution in [2.24, 2.45) is 0 Å². The number of fused-ring (bicyclic) bond motifs is 1. The average molecular weight is 378 g/mol. The van der Waals surface area contributed by atoms with Gasteiger partial charge in [0.2, 0.25) is 0 Å². The predicted octanol–water partition coefficient (Wildman–Crippen LogP) is 4.85. The lowest BCUT2D eigenvalue weighted by Crippen LogP contribution is -2.44. The Bertz CT molecular complexity index is 974. The van der Waals surface area contributed by atoms with Crippen LogP contribution in [-0.2, 0) is 6.42 Å². The third-order valence-electron chi connectivity index (χ3n) is 4.95. The van der Waals surface area contributed by atoms with E-state index < -0.39 is 0 Å². The van der Waals surface area contributed by atoms with Crippen molar-refractivity contribution < 1.29 is 4.79 Å². The standard InChI is InChI=1S/C22H20ClN3O/c1-15-7-5-6-10-17(15)21-25-18-11-13-24-20(23)19(18)22(27)26(21)14-12-16-8-3-2-4-9-16/h2-11,13,21,25H,12,14H2,1H3. The van der Waals surface area contributed by atoms with Gasteiger partial charge in [-0.1, -0.05) is 66.2 Å². The van der Waals surface area contributed by atoms with E-state index in [9.17, 15) is 4.79 Å². The quantitative estimate of drug-likeness (QED) is 0.661. The normalized spacial score (nSPS) is 16.0. The molecule has 2 heterocycles. The van der Waals surface area contributed by atoms with Crippen molar-refractivity contribution in [1.29, 1.82) is 0 Å². The summed E-state index contributed by atoms with van der Waals surface area (Å²) in [7, 11) is 0. The third kappa shape index (κ3) is 3.40. The summed E-state index contributed by atoms with van der Waals surface area (Å²) < 4.78 is 0. The van der Waals surface area contributed by atoms with Crippen molar-refractivity contribution in [2.45, 2.75) is 19.5 Å². The first-order valence-corrected chi connectivity index (χ1v) is 9.34. The Kier molecular flexibility index (Phi) is 4.82. The highest BCUT2D eigenvalue weighted by Crippen LogP contribution is 2.36. The fourth-order valence-corrected chi connectivity index (χ4v) is 3.75. The number of carbonyl (C=O) groups excluding carboxylic acids is 1. The number of pyridine rings is 1. The molecule has 1 amide bonds. The minimum atomic E-state index is -0.242. The van der Waals surface area contributed by atoms with E-state index >= 15 is 0 Å². The number of nitrogens with zero attached hydrogens (tertiary/aromatic N) is 2. The Labute approximate surface area is 163 Å².